The van der Waals surface area contributed by atoms with Gasteiger partial charge in [-0.15, -0.1) is 11.3 Å². The fraction of sp³-hybridized carbons (Fsp3) is 0.417. The SMILES string of the molecule is COC(=O)c1c(NC(=O)c2ccc3nc4c(nc3c2)C2CCC4C2)sc2c1CCCC2. The second kappa shape index (κ2) is 7.12. The Morgan fingerprint density at radius 1 is 1.06 bits per heavy atom. The van der Waals surface area contributed by atoms with E-state index in [4.69, 9.17) is 14.7 Å². The molecule has 1 fully saturated rings. The lowest BCUT2D eigenvalue weighted by Crippen LogP contribution is -2.15. The fourth-order valence-corrected chi connectivity index (χ4v) is 6.72. The molecule has 1 aromatic carbocycles. The number of esters is 1. The lowest BCUT2D eigenvalue weighted by atomic mass is 9.95. The van der Waals surface area contributed by atoms with E-state index in [0.29, 0.717) is 28.0 Å². The van der Waals surface area contributed by atoms with Crippen LogP contribution in [0.1, 0.15) is 86.5 Å². The number of anilines is 1. The van der Waals surface area contributed by atoms with Crippen LogP contribution in [0.3, 0.4) is 0 Å². The van der Waals surface area contributed by atoms with Crippen molar-refractivity contribution >= 4 is 39.2 Å². The minimum atomic E-state index is -0.385. The average Bonchev–Trinajstić information content (AvgIpc) is 3.50. The molecular weight excluding hydrogens is 410 g/mol. The van der Waals surface area contributed by atoms with Crippen LogP contribution >= 0.6 is 11.3 Å². The smallest absolute Gasteiger partial charge is 0.341 e. The molecule has 2 unspecified atom stereocenters. The van der Waals surface area contributed by atoms with E-state index in [0.717, 1.165) is 53.7 Å². The van der Waals surface area contributed by atoms with E-state index >= 15 is 0 Å². The maximum atomic E-state index is 13.1. The van der Waals surface area contributed by atoms with Gasteiger partial charge in [0, 0.05) is 22.3 Å². The number of hydrogen-bond acceptors (Lipinski definition) is 6. The van der Waals surface area contributed by atoms with E-state index in [9.17, 15) is 9.59 Å². The molecule has 3 aromatic rings. The monoisotopic (exact) mass is 433 g/mol. The van der Waals surface area contributed by atoms with E-state index in [1.807, 2.05) is 12.1 Å². The van der Waals surface area contributed by atoms with Crippen molar-refractivity contribution in [1.29, 1.82) is 0 Å². The van der Waals surface area contributed by atoms with Crippen LogP contribution in [0, 0.1) is 0 Å². The molecular formula is C24H23N3O3S. The van der Waals surface area contributed by atoms with Gasteiger partial charge in [0.05, 0.1) is 35.1 Å². The number of fused-ring (bicyclic) bond motifs is 7. The third kappa shape index (κ3) is 2.97. The summed E-state index contributed by atoms with van der Waals surface area (Å²) in [6.45, 7) is 0. The molecule has 2 atom stereocenters. The molecule has 1 saturated carbocycles. The molecule has 2 aromatic heterocycles. The number of thiophene rings is 1. The van der Waals surface area contributed by atoms with Crippen LogP contribution in [0.5, 0.6) is 0 Å². The molecule has 2 heterocycles. The van der Waals surface area contributed by atoms with Gasteiger partial charge in [-0.3, -0.25) is 4.79 Å². The molecule has 6 nitrogen and oxygen atoms in total. The van der Waals surface area contributed by atoms with Crippen molar-refractivity contribution in [2.75, 3.05) is 12.4 Å². The molecule has 3 aliphatic carbocycles. The zero-order chi connectivity index (χ0) is 21.1. The molecule has 2 bridgehead atoms. The van der Waals surface area contributed by atoms with Gasteiger partial charge in [0.1, 0.15) is 5.00 Å². The van der Waals surface area contributed by atoms with Crippen LogP contribution in [-0.2, 0) is 17.6 Å². The second-order valence-electron chi connectivity index (χ2n) is 8.77. The van der Waals surface area contributed by atoms with Crippen LogP contribution < -0.4 is 5.32 Å². The largest absolute Gasteiger partial charge is 0.465 e. The number of nitrogens with zero attached hydrogens (tertiary/aromatic N) is 2. The van der Waals surface area contributed by atoms with Gasteiger partial charge in [-0.1, -0.05) is 0 Å². The number of hydrogen-bond donors (Lipinski definition) is 1. The van der Waals surface area contributed by atoms with Crippen LogP contribution in [0.15, 0.2) is 18.2 Å². The molecule has 0 spiro atoms. The van der Waals surface area contributed by atoms with Crippen molar-refractivity contribution in [3.63, 3.8) is 0 Å². The van der Waals surface area contributed by atoms with Gasteiger partial charge in [0.15, 0.2) is 0 Å². The zero-order valence-corrected chi connectivity index (χ0v) is 18.2. The molecule has 7 heteroatoms. The molecule has 6 rings (SSSR count). The maximum absolute atomic E-state index is 13.1. The lowest BCUT2D eigenvalue weighted by molar-refractivity contribution is 0.0601. The van der Waals surface area contributed by atoms with Crippen molar-refractivity contribution < 1.29 is 14.3 Å². The van der Waals surface area contributed by atoms with Gasteiger partial charge in [-0.05, 0) is 68.7 Å². The summed E-state index contributed by atoms with van der Waals surface area (Å²) in [6.07, 6.45) is 7.53. The van der Waals surface area contributed by atoms with Gasteiger partial charge in [0.25, 0.3) is 5.91 Å². The number of benzene rings is 1. The number of ether oxygens (including phenoxy) is 1. The number of carbonyl (C=O) groups excluding carboxylic acids is 2. The summed E-state index contributed by atoms with van der Waals surface area (Å²) in [6, 6.07) is 5.48. The Bertz CT molecular complexity index is 1250. The molecule has 1 N–H and O–H groups in total. The summed E-state index contributed by atoms with van der Waals surface area (Å²) in [7, 11) is 1.38. The Balaban J connectivity index is 1.34. The average molecular weight is 434 g/mol. The Hall–Kier alpha value is -2.80. The summed E-state index contributed by atoms with van der Waals surface area (Å²) < 4.78 is 5.01. The zero-order valence-electron chi connectivity index (χ0n) is 17.4. The van der Waals surface area contributed by atoms with Gasteiger partial charge in [-0.2, -0.15) is 0 Å². The Morgan fingerprint density at radius 3 is 2.58 bits per heavy atom. The normalized spacial score (nSPS) is 21.1. The quantitative estimate of drug-likeness (QED) is 0.590. The summed E-state index contributed by atoms with van der Waals surface area (Å²) in [4.78, 5) is 36.5. The number of carbonyl (C=O) groups is 2. The molecule has 31 heavy (non-hydrogen) atoms. The number of methoxy groups -OCH3 is 1. The highest BCUT2D eigenvalue weighted by atomic mass is 32.1. The van der Waals surface area contributed by atoms with Crippen LogP contribution in [0.25, 0.3) is 11.0 Å². The molecule has 0 aliphatic heterocycles. The first-order valence-electron chi connectivity index (χ1n) is 11.0. The van der Waals surface area contributed by atoms with Gasteiger partial charge in [0.2, 0.25) is 0 Å². The summed E-state index contributed by atoms with van der Waals surface area (Å²) in [5.41, 5.74) is 5.96. The van der Waals surface area contributed by atoms with E-state index in [-0.39, 0.29) is 11.9 Å². The first-order valence-corrected chi connectivity index (χ1v) is 11.8. The third-order valence-corrected chi connectivity index (χ3v) is 8.18. The van der Waals surface area contributed by atoms with Crippen molar-refractivity contribution in [3.05, 3.63) is 51.2 Å². The van der Waals surface area contributed by atoms with Gasteiger partial charge < -0.3 is 10.1 Å². The number of aryl methyl sites for hydroxylation is 1. The van der Waals surface area contributed by atoms with Crippen molar-refractivity contribution in [2.24, 2.45) is 0 Å². The first kappa shape index (κ1) is 18.9. The Morgan fingerprint density at radius 2 is 1.81 bits per heavy atom. The summed E-state index contributed by atoms with van der Waals surface area (Å²) >= 11 is 1.50. The molecule has 0 radical (unpaired) electrons. The standard InChI is InChI=1S/C24H23N3O3S/c1-30-24(29)19-15-4-2-3-5-18(15)31-23(19)27-22(28)14-8-9-16-17(11-14)26-21-13-7-6-12(10-13)20(21)25-16/h8-9,11-13H,2-7,10H2,1H3,(H,27,28). The molecule has 158 valence electrons. The number of aromatic nitrogens is 2. The van der Waals surface area contributed by atoms with Crippen LogP contribution in [-0.4, -0.2) is 29.0 Å². The highest BCUT2D eigenvalue weighted by molar-refractivity contribution is 7.17. The van der Waals surface area contributed by atoms with Gasteiger partial charge in [-0.25, -0.2) is 14.8 Å². The number of nitrogens with one attached hydrogen (secondary N) is 1. The van der Waals surface area contributed by atoms with Crippen LogP contribution in [0.2, 0.25) is 0 Å². The Labute approximate surface area is 184 Å². The maximum Gasteiger partial charge on any atom is 0.341 e. The van der Waals surface area contributed by atoms with E-state index in [2.05, 4.69) is 5.32 Å². The highest BCUT2D eigenvalue weighted by Gasteiger charge is 2.39. The summed E-state index contributed by atoms with van der Waals surface area (Å²) in [5, 5.41) is 3.56. The third-order valence-electron chi connectivity index (χ3n) is 6.98. The highest BCUT2D eigenvalue weighted by Crippen LogP contribution is 2.51. The minimum Gasteiger partial charge on any atom is -0.465 e. The predicted molar refractivity (Wildman–Crippen MR) is 119 cm³/mol. The predicted octanol–water partition coefficient (Wildman–Crippen LogP) is 4.97. The van der Waals surface area contributed by atoms with Crippen molar-refractivity contribution in [3.8, 4) is 0 Å². The van der Waals surface area contributed by atoms with Gasteiger partial charge >= 0.3 is 5.97 Å². The first-order chi connectivity index (χ1) is 15.1. The topological polar surface area (TPSA) is 81.2 Å². The second-order valence-corrected chi connectivity index (χ2v) is 9.87. The Kier molecular flexibility index (Phi) is 4.35. The van der Waals surface area contributed by atoms with Crippen molar-refractivity contribution in [2.45, 2.75) is 56.8 Å². The fourth-order valence-electron chi connectivity index (χ4n) is 5.45. The van der Waals surface area contributed by atoms with Crippen LogP contribution in [0.4, 0.5) is 5.00 Å². The van der Waals surface area contributed by atoms with E-state index in [1.165, 1.54) is 42.6 Å². The van der Waals surface area contributed by atoms with Crippen molar-refractivity contribution in [1.82, 2.24) is 9.97 Å². The molecule has 3 aliphatic rings. The number of amides is 1. The minimum absolute atomic E-state index is 0.241. The molecule has 1 amide bonds. The van der Waals surface area contributed by atoms with E-state index < -0.39 is 0 Å². The lowest BCUT2D eigenvalue weighted by Gasteiger charge is -2.14. The molecule has 0 saturated heterocycles. The summed E-state index contributed by atoms with van der Waals surface area (Å²) in [5.74, 6) is 0.454. The number of rotatable bonds is 3. The van der Waals surface area contributed by atoms with E-state index in [1.54, 1.807) is 6.07 Å².